The van der Waals surface area contributed by atoms with Gasteiger partial charge in [-0.25, -0.2) is 9.67 Å². The summed E-state index contributed by atoms with van der Waals surface area (Å²) in [5.41, 5.74) is 2.17. The maximum atomic E-state index is 4.08. The van der Waals surface area contributed by atoms with Crippen LogP contribution in [0.25, 0.3) is 5.69 Å². The van der Waals surface area contributed by atoms with Crippen LogP contribution >= 0.6 is 0 Å². The smallest absolute Gasteiger partial charge is 0.138 e. The first kappa shape index (κ1) is 9.35. The lowest BCUT2D eigenvalue weighted by molar-refractivity contribution is 0.472. The molecule has 0 radical (unpaired) electrons. The van der Waals surface area contributed by atoms with E-state index in [9.17, 15) is 0 Å². The van der Waals surface area contributed by atoms with Crippen molar-refractivity contribution in [3.05, 3.63) is 36.9 Å². The molecule has 2 heterocycles. The van der Waals surface area contributed by atoms with Gasteiger partial charge in [-0.15, -0.1) is 0 Å². The van der Waals surface area contributed by atoms with Gasteiger partial charge < -0.3 is 10.6 Å². The number of nitrogens with zero attached hydrogens (tertiary/aromatic N) is 3. The Hall–Kier alpha value is -1.88. The average molecular weight is 215 g/mol. The second-order valence-electron chi connectivity index (χ2n) is 3.89. The summed E-state index contributed by atoms with van der Waals surface area (Å²) in [6.07, 6.45) is 3.23. The molecule has 0 amide bonds. The molecule has 2 aromatic rings. The Labute approximate surface area is 93.5 Å². The van der Waals surface area contributed by atoms with Crippen LogP contribution in [0, 0.1) is 0 Å². The molecule has 0 unspecified atom stereocenters. The van der Waals surface area contributed by atoms with Crippen LogP contribution in [0.1, 0.15) is 0 Å². The lowest BCUT2D eigenvalue weighted by Gasteiger charge is -2.29. The van der Waals surface area contributed by atoms with Gasteiger partial charge in [0.15, 0.2) is 0 Å². The molecule has 82 valence electrons. The third-order valence-electron chi connectivity index (χ3n) is 2.70. The molecule has 16 heavy (non-hydrogen) atoms. The Morgan fingerprint density at radius 3 is 2.62 bits per heavy atom. The van der Waals surface area contributed by atoms with Gasteiger partial charge in [0.05, 0.1) is 11.7 Å². The van der Waals surface area contributed by atoms with Crippen LogP contribution in [0.15, 0.2) is 36.9 Å². The van der Waals surface area contributed by atoms with Crippen LogP contribution < -0.4 is 10.6 Å². The predicted molar refractivity (Wildman–Crippen MR) is 61.6 cm³/mol. The topological polar surface area (TPSA) is 54.8 Å². The first-order valence-corrected chi connectivity index (χ1v) is 5.34. The van der Waals surface area contributed by atoms with Crippen molar-refractivity contribution >= 4 is 5.69 Å². The van der Waals surface area contributed by atoms with Crippen molar-refractivity contribution in [1.29, 1.82) is 0 Å². The minimum Gasteiger partial charge on any atom is -0.380 e. The molecule has 1 saturated heterocycles. The normalized spacial score (nSPS) is 15.8. The summed E-state index contributed by atoms with van der Waals surface area (Å²) >= 11 is 0. The fourth-order valence-corrected chi connectivity index (χ4v) is 1.68. The van der Waals surface area contributed by atoms with Gasteiger partial charge in [-0.2, -0.15) is 5.10 Å². The highest BCUT2D eigenvalue weighted by molar-refractivity contribution is 5.49. The van der Waals surface area contributed by atoms with Crippen molar-refractivity contribution in [3.8, 4) is 5.69 Å². The Balaban J connectivity index is 1.74. The van der Waals surface area contributed by atoms with E-state index in [-0.39, 0.29) is 0 Å². The lowest BCUT2D eigenvalue weighted by atomic mass is 10.1. The number of aromatic nitrogens is 3. The fourth-order valence-electron chi connectivity index (χ4n) is 1.68. The van der Waals surface area contributed by atoms with E-state index in [2.05, 4.69) is 32.8 Å². The van der Waals surface area contributed by atoms with Gasteiger partial charge in [0.1, 0.15) is 12.7 Å². The highest BCUT2D eigenvalue weighted by atomic mass is 15.3. The predicted octanol–water partition coefficient (Wildman–Crippen LogP) is 0.651. The van der Waals surface area contributed by atoms with Crippen molar-refractivity contribution in [2.24, 2.45) is 0 Å². The minimum absolute atomic E-state index is 0.567. The SMILES string of the molecule is c1ncn(-c2ccc(NC3CNC3)cc2)n1. The highest BCUT2D eigenvalue weighted by Gasteiger charge is 2.15. The third-order valence-corrected chi connectivity index (χ3v) is 2.70. The van der Waals surface area contributed by atoms with Crippen molar-refractivity contribution in [3.63, 3.8) is 0 Å². The molecule has 0 spiro atoms. The maximum Gasteiger partial charge on any atom is 0.138 e. The van der Waals surface area contributed by atoms with E-state index < -0.39 is 0 Å². The van der Waals surface area contributed by atoms with Crippen LogP contribution in [-0.2, 0) is 0 Å². The molecular formula is C11H13N5. The largest absolute Gasteiger partial charge is 0.380 e. The maximum absolute atomic E-state index is 4.08. The zero-order valence-electron chi connectivity index (χ0n) is 8.80. The molecule has 1 fully saturated rings. The second kappa shape index (κ2) is 3.94. The summed E-state index contributed by atoms with van der Waals surface area (Å²) in [7, 11) is 0. The molecule has 0 aliphatic carbocycles. The van der Waals surface area contributed by atoms with Gasteiger partial charge in [-0.3, -0.25) is 0 Å². The number of nitrogens with one attached hydrogen (secondary N) is 2. The summed E-state index contributed by atoms with van der Waals surface area (Å²) in [6, 6.07) is 8.76. The number of hydrogen-bond acceptors (Lipinski definition) is 4. The molecule has 0 bridgehead atoms. The zero-order chi connectivity index (χ0) is 10.8. The monoisotopic (exact) mass is 215 g/mol. The average Bonchev–Trinajstić information content (AvgIpc) is 2.78. The molecule has 1 aliphatic heterocycles. The summed E-state index contributed by atoms with van der Waals surface area (Å²) in [6.45, 7) is 2.09. The van der Waals surface area contributed by atoms with Crippen molar-refractivity contribution in [1.82, 2.24) is 20.1 Å². The first-order valence-electron chi connectivity index (χ1n) is 5.34. The van der Waals surface area contributed by atoms with E-state index in [0.29, 0.717) is 6.04 Å². The highest BCUT2D eigenvalue weighted by Crippen LogP contribution is 2.13. The van der Waals surface area contributed by atoms with Crippen LogP contribution in [0.5, 0.6) is 0 Å². The van der Waals surface area contributed by atoms with Crippen molar-refractivity contribution in [2.45, 2.75) is 6.04 Å². The Bertz CT molecular complexity index is 444. The number of hydrogen-bond donors (Lipinski definition) is 2. The third kappa shape index (κ3) is 1.77. The van der Waals surface area contributed by atoms with E-state index in [1.165, 1.54) is 6.33 Å². The molecule has 3 rings (SSSR count). The molecule has 1 aromatic carbocycles. The molecule has 0 saturated carbocycles. The van der Waals surface area contributed by atoms with Crippen LogP contribution in [0.2, 0.25) is 0 Å². The molecule has 1 aromatic heterocycles. The second-order valence-corrected chi connectivity index (χ2v) is 3.89. The van der Waals surface area contributed by atoms with Crippen LogP contribution in [0.4, 0.5) is 5.69 Å². The van der Waals surface area contributed by atoms with Gasteiger partial charge in [-0.05, 0) is 24.3 Å². The van der Waals surface area contributed by atoms with Crippen LogP contribution in [-0.4, -0.2) is 33.9 Å². The van der Waals surface area contributed by atoms with E-state index in [4.69, 9.17) is 0 Å². The zero-order valence-corrected chi connectivity index (χ0v) is 8.80. The summed E-state index contributed by atoms with van der Waals surface area (Å²) < 4.78 is 1.74. The molecule has 0 atom stereocenters. The quantitative estimate of drug-likeness (QED) is 0.789. The number of anilines is 1. The number of benzene rings is 1. The van der Waals surface area contributed by atoms with Crippen molar-refractivity contribution < 1.29 is 0 Å². The summed E-state index contributed by atoms with van der Waals surface area (Å²) in [5.74, 6) is 0. The van der Waals surface area contributed by atoms with Crippen LogP contribution in [0.3, 0.4) is 0 Å². The van der Waals surface area contributed by atoms with E-state index >= 15 is 0 Å². The fraction of sp³-hybridized carbons (Fsp3) is 0.273. The molecule has 1 aliphatic rings. The standard InChI is InChI=1S/C11H13N5/c1-3-11(16-8-13-7-14-16)4-2-9(1)15-10-5-12-6-10/h1-4,7-8,10,12,15H,5-6H2. The first-order chi connectivity index (χ1) is 7.92. The van der Waals surface area contributed by atoms with E-state index in [1.54, 1.807) is 11.0 Å². The summed E-state index contributed by atoms with van der Waals surface area (Å²) in [4.78, 5) is 3.92. The van der Waals surface area contributed by atoms with Gasteiger partial charge in [0.25, 0.3) is 0 Å². The molecule has 5 nitrogen and oxygen atoms in total. The molecule has 2 N–H and O–H groups in total. The Kier molecular flexibility index (Phi) is 2.30. The Morgan fingerprint density at radius 2 is 2.06 bits per heavy atom. The van der Waals surface area contributed by atoms with Gasteiger partial charge in [-0.1, -0.05) is 0 Å². The van der Waals surface area contributed by atoms with Gasteiger partial charge >= 0.3 is 0 Å². The Morgan fingerprint density at radius 1 is 1.25 bits per heavy atom. The number of rotatable bonds is 3. The van der Waals surface area contributed by atoms with E-state index in [0.717, 1.165) is 24.5 Å². The molecular weight excluding hydrogens is 202 g/mol. The minimum atomic E-state index is 0.567. The lowest BCUT2D eigenvalue weighted by Crippen LogP contribution is -2.51. The van der Waals surface area contributed by atoms with E-state index in [1.807, 2.05) is 12.1 Å². The summed E-state index contributed by atoms with van der Waals surface area (Å²) in [5, 5.41) is 10.8. The van der Waals surface area contributed by atoms with Crippen molar-refractivity contribution in [2.75, 3.05) is 18.4 Å². The van der Waals surface area contributed by atoms with Gasteiger partial charge in [0.2, 0.25) is 0 Å². The molecule has 5 heteroatoms. The van der Waals surface area contributed by atoms with Gasteiger partial charge in [0, 0.05) is 18.8 Å².